The van der Waals surface area contributed by atoms with E-state index in [1.165, 1.54) is 77.0 Å². The average Bonchev–Trinajstić information content (AvgIpc) is 2.63. The Hall–Kier alpha value is -0.150. The molecule has 0 heterocycles. The number of unbranched alkanes of at least 4 members (excludes halogenated alkanes) is 13. The van der Waals surface area contributed by atoms with Crippen molar-refractivity contribution < 1.29 is 62.0 Å². The van der Waals surface area contributed by atoms with Crippen LogP contribution in [0.3, 0.4) is 0 Å². The van der Waals surface area contributed by atoms with Crippen LogP contribution in [0.15, 0.2) is 0 Å². The number of hydrogen-bond acceptors (Lipinski definition) is 6. The number of carboxylic acids is 2. The van der Waals surface area contributed by atoms with E-state index in [2.05, 4.69) is 11.1 Å². The first-order valence-corrected chi connectivity index (χ1v) is 11.6. The van der Waals surface area contributed by atoms with Crippen molar-refractivity contribution in [2.75, 3.05) is 6.61 Å². The number of carboxylic acid groups (broad SMARTS) is 2. The third-order valence-corrected chi connectivity index (χ3v) is 4.59. The second-order valence-corrected chi connectivity index (χ2v) is 7.55. The molecule has 0 spiro atoms. The standard InChI is InChI=1S/C16H33O3S.C4H6O4.Na/c1-2-3-4-5-6-7-8-9-10-11-12-13-14-15-16-19-20(17)18;5-3(6)1-2-4(7)8;/h2-16H2,1H3;1-2H2,(H,5,6)(H,7,8);/q-1;;+1. The summed E-state index contributed by atoms with van der Waals surface area (Å²) in [4.78, 5) is 19.3. The molecule has 2 N–H and O–H groups in total. The maximum absolute atomic E-state index is 10.1. The van der Waals surface area contributed by atoms with E-state index in [1.807, 2.05) is 0 Å². The second-order valence-electron chi connectivity index (χ2n) is 6.91. The Labute approximate surface area is 200 Å². The van der Waals surface area contributed by atoms with E-state index >= 15 is 0 Å². The van der Waals surface area contributed by atoms with Gasteiger partial charge in [0.15, 0.2) is 0 Å². The summed E-state index contributed by atoms with van der Waals surface area (Å²) < 4.78 is 24.7. The van der Waals surface area contributed by atoms with Crippen LogP contribution in [0.2, 0.25) is 0 Å². The van der Waals surface area contributed by atoms with Crippen LogP contribution in [0.25, 0.3) is 0 Å². The fraction of sp³-hybridized carbons (Fsp3) is 0.900. The van der Waals surface area contributed by atoms with Crippen molar-refractivity contribution in [1.29, 1.82) is 0 Å². The van der Waals surface area contributed by atoms with E-state index in [9.17, 15) is 18.0 Å². The molecule has 0 bridgehead atoms. The van der Waals surface area contributed by atoms with Gasteiger partial charge in [0.05, 0.1) is 23.8 Å². The molecule has 0 unspecified atom stereocenters. The van der Waals surface area contributed by atoms with Crippen molar-refractivity contribution in [2.45, 2.75) is 110 Å². The minimum atomic E-state index is -2.33. The fourth-order valence-corrected chi connectivity index (χ4v) is 2.89. The molecule has 29 heavy (non-hydrogen) atoms. The van der Waals surface area contributed by atoms with Crippen molar-refractivity contribution in [2.24, 2.45) is 0 Å². The number of carbonyl (C=O) groups is 2. The summed E-state index contributed by atoms with van der Waals surface area (Å²) in [6, 6.07) is 0. The molecule has 0 saturated carbocycles. The third kappa shape index (κ3) is 39.0. The minimum Gasteiger partial charge on any atom is -0.481 e. The zero-order chi connectivity index (χ0) is 21.5. The summed E-state index contributed by atoms with van der Waals surface area (Å²) >= 11 is 0. The van der Waals surface area contributed by atoms with Crippen molar-refractivity contribution in [1.82, 2.24) is 0 Å². The van der Waals surface area contributed by atoms with Crippen LogP contribution in [0, 0.1) is 0 Å². The molecule has 0 fully saturated rings. The molecule has 7 nitrogen and oxygen atoms in total. The van der Waals surface area contributed by atoms with Gasteiger partial charge in [-0.1, -0.05) is 90.4 Å². The Morgan fingerprint density at radius 1 is 0.655 bits per heavy atom. The van der Waals surface area contributed by atoms with Crippen LogP contribution in [-0.4, -0.2) is 28.8 Å². The molecule has 168 valence electrons. The third-order valence-electron chi connectivity index (χ3n) is 4.23. The molecule has 0 rings (SSSR count). The van der Waals surface area contributed by atoms with Crippen molar-refractivity contribution in [3.63, 3.8) is 0 Å². The van der Waals surface area contributed by atoms with Crippen molar-refractivity contribution in [3.05, 3.63) is 0 Å². The van der Waals surface area contributed by atoms with Crippen LogP contribution in [0.1, 0.15) is 110 Å². The Kier molecular flexibility index (Phi) is 32.2. The molecule has 0 aromatic heterocycles. The first kappa shape index (κ1) is 33.5. The summed E-state index contributed by atoms with van der Waals surface area (Å²) in [5, 5.41) is 15.8. The summed E-state index contributed by atoms with van der Waals surface area (Å²) in [7, 11) is -2.33. The van der Waals surface area contributed by atoms with Gasteiger partial charge in [-0.3, -0.25) is 9.59 Å². The van der Waals surface area contributed by atoms with Gasteiger partial charge in [0, 0.05) is 6.61 Å². The minimum absolute atomic E-state index is 0. The fourth-order valence-electron chi connectivity index (χ4n) is 2.64. The first-order chi connectivity index (χ1) is 13.4. The zero-order valence-corrected chi connectivity index (χ0v) is 21.2. The van der Waals surface area contributed by atoms with Gasteiger partial charge in [-0.25, -0.2) is 0 Å². The maximum Gasteiger partial charge on any atom is 1.00 e. The predicted octanol–water partition coefficient (Wildman–Crippen LogP) is 2.65. The monoisotopic (exact) mass is 446 g/mol. The van der Waals surface area contributed by atoms with E-state index in [4.69, 9.17) is 10.2 Å². The van der Waals surface area contributed by atoms with Gasteiger partial charge < -0.3 is 22.8 Å². The van der Waals surface area contributed by atoms with Gasteiger partial charge in [-0.15, -0.1) is 0 Å². The van der Waals surface area contributed by atoms with Gasteiger partial charge in [0.25, 0.3) is 0 Å². The van der Waals surface area contributed by atoms with E-state index in [1.54, 1.807) is 0 Å². The van der Waals surface area contributed by atoms with Gasteiger partial charge in [0.1, 0.15) is 0 Å². The van der Waals surface area contributed by atoms with Gasteiger partial charge in [-0.2, -0.15) is 0 Å². The second kappa shape index (κ2) is 27.8. The molecule has 0 radical (unpaired) electrons. The quantitative estimate of drug-likeness (QED) is 0.178. The summed E-state index contributed by atoms with van der Waals surface area (Å²) in [6.07, 6.45) is 17.7. The smallest absolute Gasteiger partial charge is 0.481 e. The molecule has 0 aliphatic rings. The van der Waals surface area contributed by atoms with Gasteiger partial charge >= 0.3 is 41.5 Å². The molecule has 0 aromatic rings. The molecule has 0 aliphatic carbocycles. The molecule has 0 saturated heterocycles. The van der Waals surface area contributed by atoms with Crippen LogP contribution in [0.4, 0.5) is 0 Å². The van der Waals surface area contributed by atoms with E-state index in [0.717, 1.165) is 12.8 Å². The Balaban J connectivity index is -0.000000636. The molecule has 9 heteroatoms. The average molecular weight is 447 g/mol. The predicted molar refractivity (Wildman–Crippen MR) is 110 cm³/mol. The number of hydrogen-bond donors (Lipinski definition) is 2. The number of aliphatic carboxylic acids is 2. The maximum atomic E-state index is 10.1. The van der Waals surface area contributed by atoms with Gasteiger partial charge in [-0.05, 0) is 6.42 Å². The summed E-state index contributed by atoms with van der Waals surface area (Å²) in [5.74, 6) is -2.15. The van der Waals surface area contributed by atoms with Crippen LogP contribution < -0.4 is 29.6 Å². The van der Waals surface area contributed by atoms with Crippen LogP contribution in [0.5, 0.6) is 0 Å². The van der Waals surface area contributed by atoms with Crippen molar-refractivity contribution in [3.8, 4) is 0 Å². The normalized spacial score (nSPS) is 10.1. The van der Waals surface area contributed by atoms with Crippen LogP contribution >= 0.6 is 0 Å². The Morgan fingerprint density at radius 3 is 1.24 bits per heavy atom. The summed E-state index contributed by atoms with van der Waals surface area (Å²) in [5.41, 5.74) is 0. The first-order valence-electron chi connectivity index (χ1n) is 10.6. The molecule has 0 atom stereocenters. The van der Waals surface area contributed by atoms with E-state index in [0.29, 0.717) is 6.61 Å². The number of rotatable bonds is 19. The van der Waals surface area contributed by atoms with E-state index < -0.39 is 22.9 Å². The SMILES string of the molecule is CCCCCCCCCCCCCCCCO[S-](=O)=O.O=C(O)CCC(=O)O.[Na+]. The molecule has 0 aliphatic heterocycles. The van der Waals surface area contributed by atoms with E-state index in [-0.39, 0.29) is 42.4 Å². The summed E-state index contributed by atoms with van der Waals surface area (Å²) in [6.45, 7) is 2.60. The Bertz CT molecular complexity index is 421. The van der Waals surface area contributed by atoms with Crippen molar-refractivity contribution >= 4 is 22.9 Å². The van der Waals surface area contributed by atoms with Crippen LogP contribution in [-0.2, 0) is 33.2 Å². The molecular weight excluding hydrogens is 407 g/mol. The topological polar surface area (TPSA) is 118 Å². The van der Waals surface area contributed by atoms with Gasteiger partial charge in [0.2, 0.25) is 0 Å². The largest absolute Gasteiger partial charge is 1.00 e. The molecule has 0 aromatic carbocycles. The molecule has 0 amide bonds. The molecular formula is C20H39NaO7S. The zero-order valence-electron chi connectivity index (χ0n) is 18.4. The Morgan fingerprint density at radius 2 is 0.966 bits per heavy atom.